The van der Waals surface area contributed by atoms with Gasteiger partial charge in [0.25, 0.3) is 0 Å². The quantitative estimate of drug-likeness (QED) is 0.415. The zero-order chi connectivity index (χ0) is 25.3. The Hall–Kier alpha value is -3.62. The fraction of sp³-hybridized carbons (Fsp3) is 0.308. The molecule has 2 atom stereocenters. The number of hydrogen-bond acceptors (Lipinski definition) is 4. The number of carboxylic acids is 1. The van der Waals surface area contributed by atoms with E-state index in [1.807, 2.05) is 12.1 Å². The summed E-state index contributed by atoms with van der Waals surface area (Å²) in [5, 5.41) is 9.16. The molecule has 0 aliphatic carbocycles. The minimum absolute atomic E-state index is 0.103. The number of rotatable bonds is 6. The number of ether oxygens (including phenoxy) is 2. The number of benzene rings is 2. The van der Waals surface area contributed by atoms with Crippen LogP contribution in [0.25, 0.3) is 11.3 Å². The molecule has 0 amide bonds. The Bertz CT molecular complexity index is 1260. The zero-order valence-electron chi connectivity index (χ0n) is 19.0. The number of fused-ring (bicyclic) bond motifs is 1. The SMILES string of the molecule is COc1ccc(F)c(-c2ccc(C3CCc4ccc(C[C@H](C)C(=O)O)cc4O3)c(C(F)(F)F)n2)c1. The van der Waals surface area contributed by atoms with Gasteiger partial charge in [-0.05, 0) is 60.7 Å². The van der Waals surface area contributed by atoms with Crippen molar-refractivity contribution < 1.29 is 36.9 Å². The van der Waals surface area contributed by atoms with Crippen LogP contribution in [0.5, 0.6) is 11.5 Å². The minimum Gasteiger partial charge on any atom is -0.497 e. The second-order valence-electron chi connectivity index (χ2n) is 8.51. The molecule has 0 bridgehead atoms. The Balaban J connectivity index is 1.69. The summed E-state index contributed by atoms with van der Waals surface area (Å²) in [7, 11) is 1.38. The summed E-state index contributed by atoms with van der Waals surface area (Å²) >= 11 is 0. The molecule has 2 heterocycles. The van der Waals surface area contributed by atoms with Gasteiger partial charge < -0.3 is 14.6 Å². The smallest absolute Gasteiger partial charge is 0.433 e. The van der Waals surface area contributed by atoms with Crippen molar-refractivity contribution in [2.45, 2.75) is 38.5 Å². The number of aromatic nitrogens is 1. The van der Waals surface area contributed by atoms with Gasteiger partial charge in [-0.25, -0.2) is 9.37 Å². The van der Waals surface area contributed by atoms with E-state index in [9.17, 15) is 22.4 Å². The van der Waals surface area contributed by atoms with Crippen LogP contribution in [-0.2, 0) is 23.8 Å². The summed E-state index contributed by atoms with van der Waals surface area (Å²) < 4.78 is 67.5. The molecule has 4 rings (SSSR count). The van der Waals surface area contributed by atoms with Crippen molar-refractivity contribution in [1.29, 1.82) is 0 Å². The van der Waals surface area contributed by atoms with Gasteiger partial charge in [-0.3, -0.25) is 4.79 Å². The second-order valence-corrected chi connectivity index (χ2v) is 8.51. The highest BCUT2D eigenvalue weighted by Crippen LogP contribution is 2.41. The summed E-state index contributed by atoms with van der Waals surface area (Å²) in [6, 6.07) is 11.7. The third-order valence-corrected chi connectivity index (χ3v) is 6.03. The molecule has 0 fully saturated rings. The number of hydrogen-bond donors (Lipinski definition) is 1. The van der Waals surface area contributed by atoms with Crippen LogP contribution in [0.4, 0.5) is 17.6 Å². The van der Waals surface area contributed by atoms with Gasteiger partial charge in [-0.1, -0.05) is 25.1 Å². The van der Waals surface area contributed by atoms with Crippen molar-refractivity contribution in [3.05, 3.63) is 76.7 Å². The van der Waals surface area contributed by atoms with E-state index in [1.54, 1.807) is 13.0 Å². The lowest BCUT2D eigenvalue weighted by molar-refractivity contribution is -0.143. The molecule has 9 heteroatoms. The summed E-state index contributed by atoms with van der Waals surface area (Å²) in [5.41, 5.74) is 0.00912. The third kappa shape index (κ3) is 5.23. The third-order valence-electron chi connectivity index (χ3n) is 6.03. The lowest BCUT2D eigenvalue weighted by Gasteiger charge is -2.28. The van der Waals surface area contributed by atoms with Crippen molar-refractivity contribution in [1.82, 2.24) is 4.98 Å². The molecule has 1 aliphatic heterocycles. The fourth-order valence-corrected chi connectivity index (χ4v) is 4.14. The first kappa shape index (κ1) is 24.5. The molecule has 1 aromatic heterocycles. The maximum Gasteiger partial charge on any atom is 0.433 e. The van der Waals surface area contributed by atoms with E-state index < -0.39 is 35.7 Å². The van der Waals surface area contributed by atoms with Gasteiger partial charge in [0.15, 0.2) is 5.69 Å². The van der Waals surface area contributed by atoms with Crippen LogP contribution in [0.2, 0.25) is 0 Å². The lowest BCUT2D eigenvalue weighted by Crippen LogP contribution is -2.21. The van der Waals surface area contributed by atoms with Crippen molar-refractivity contribution in [3.63, 3.8) is 0 Å². The molecular weight excluding hydrogens is 466 g/mol. The van der Waals surface area contributed by atoms with Crippen LogP contribution >= 0.6 is 0 Å². The Morgan fingerprint density at radius 2 is 1.97 bits per heavy atom. The second kappa shape index (κ2) is 9.56. The molecule has 5 nitrogen and oxygen atoms in total. The van der Waals surface area contributed by atoms with Crippen LogP contribution in [0.1, 0.15) is 41.8 Å². The van der Waals surface area contributed by atoms with E-state index in [2.05, 4.69) is 4.98 Å². The number of aliphatic carboxylic acids is 1. The molecular formula is C26H23F4NO4. The molecule has 3 aromatic rings. The van der Waals surface area contributed by atoms with Gasteiger partial charge in [-0.2, -0.15) is 13.2 Å². The molecule has 184 valence electrons. The van der Waals surface area contributed by atoms with Crippen LogP contribution in [0.15, 0.2) is 48.5 Å². The number of halogens is 4. The molecule has 2 aromatic carbocycles. The Morgan fingerprint density at radius 1 is 1.20 bits per heavy atom. The van der Waals surface area contributed by atoms with Crippen LogP contribution in [0, 0.1) is 11.7 Å². The normalized spacial score (nSPS) is 16.2. The van der Waals surface area contributed by atoms with Crippen molar-refractivity contribution >= 4 is 5.97 Å². The first-order valence-electron chi connectivity index (χ1n) is 11.0. The molecule has 0 saturated heterocycles. The molecule has 1 aliphatic rings. The molecule has 1 N–H and O–H groups in total. The largest absolute Gasteiger partial charge is 0.497 e. The monoisotopic (exact) mass is 489 g/mol. The van der Waals surface area contributed by atoms with Crippen LogP contribution < -0.4 is 9.47 Å². The first-order chi connectivity index (χ1) is 16.6. The van der Waals surface area contributed by atoms with E-state index >= 15 is 0 Å². The number of nitrogens with zero attached hydrogens (tertiary/aromatic N) is 1. The summed E-state index contributed by atoms with van der Waals surface area (Å²) in [6.45, 7) is 1.58. The van der Waals surface area contributed by atoms with Gasteiger partial charge in [0.1, 0.15) is 23.4 Å². The van der Waals surface area contributed by atoms with Gasteiger partial charge in [-0.15, -0.1) is 0 Å². The highest BCUT2D eigenvalue weighted by atomic mass is 19.4. The maximum atomic E-state index is 14.4. The van der Waals surface area contributed by atoms with E-state index in [0.717, 1.165) is 17.2 Å². The summed E-state index contributed by atoms with van der Waals surface area (Å²) in [5.74, 6) is -1.55. The number of aryl methyl sites for hydroxylation is 1. The molecule has 35 heavy (non-hydrogen) atoms. The van der Waals surface area contributed by atoms with Crippen LogP contribution in [0.3, 0.4) is 0 Å². The van der Waals surface area contributed by atoms with E-state index in [-0.39, 0.29) is 23.2 Å². The van der Waals surface area contributed by atoms with Crippen molar-refractivity contribution in [2.75, 3.05) is 7.11 Å². The van der Waals surface area contributed by atoms with E-state index in [1.165, 1.54) is 31.4 Å². The lowest BCUT2D eigenvalue weighted by atomic mass is 9.93. The maximum absolute atomic E-state index is 14.4. The van der Waals surface area contributed by atoms with Gasteiger partial charge in [0.05, 0.1) is 18.7 Å². The molecule has 0 spiro atoms. The summed E-state index contributed by atoms with van der Waals surface area (Å²) in [6.07, 6.45) is -4.65. The van der Waals surface area contributed by atoms with Gasteiger partial charge in [0.2, 0.25) is 0 Å². The summed E-state index contributed by atoms with van der Waals surface area (Å²) in [4.78, 5) is 15.0. The number of methoxy groups -OCH3 is 1. The number of carbonyl (C=O) groups is 1. The zero-order valence-corrected chi connectivity index (χ0v) is 19.0. The highest BCUT2D eigenvalue weighted by Gasteiger charge is 2.39. The molecule has 0 radical (unpaired) electrons. The Morgan fingerprint density at radius 3 is 2.66 bits per heavy atom. The topological polar surface area (TPSA) is 68.7 Å². The number of alkyl halides is 3. The van der Waals surface area contributed by atoms with Gasteiger partial charge >= 0.3 is 12.1 Å². The minimum atomic E-state index is -4.79. The fourth-order valence-electron chi connectivity index (χ4n) is 4.14. The Kier molecular flexibility index (Phi) is 6.69. The predicted octanol–water partition coefficient (Wildman–Crippen LogP) is 6.24. The standard InChI is InChI=1S/C26H23F4NO4/c1-14(25(32)33)11-15-3-4-16-5-10-22(35-23(16)12-15)18-7-9-21(31-24(18)26(28,29)30)19-13-17(34-2)6-8-20(19)27/h3-4,6-9,12-14,22H,5,10-11H2,1-2H3,(H,32,33)/t14-,22?/m0/s1. The molecule has 1 unspecified atom stereocenters. The van der Waals surface area contributed by atoms with Gasteiger partial charge in [0, 0.05) is 11.1 Å². The number of carboxylic acid groups (broad SMARTS) is 1. The molecule has 0 saturated carbocycles. The Labute approximate surface area is 199 Å². The highest BCUT2D eigenvalue weighted by molar-refractivity contribution is 5.70. The van der Waals surface area contributed by atoms with E-state index in [4.69, 9.17) is 14.6 Å². The van der Waals surface area contributed by atoms with Crippen molar-refractivity contribution in [3.8, 4) is 22.8 Å². The number of pyridine rings is 1. The van der Waals surface area contributed by atoms with Crippen molar-refractivity contribution in [2.24, 2.45) is 5.92 Å². The average molecular weight is 489 g/mol. The van der Waals surface area contributed by atoms with Crippen LogP contribution in [-0.4, -0.2) is 23.2 Å². The average Bonchev–Trinajstić information content (AvgIpc) is 2.83. The van der Waals surface area contributed by atoms with E-state index in [0.29, 0.717) is 24.3 Å². The predicted molar refractivity (Wildman–Crippen MR) is 120 cm³/mol. The first-order valence-corrected chi connectivity index (χ1v) is 11.0.